The van der Waals surface area contributed by atoms with Crippen molar-refractivity contribution in [3.05, 3.63) is 84.2 Å². The van der Waals surface area contributed by atoms with Crippen LogP contribution in [0.5, 0.6) is 0 Å². The predicted molar refractivity (Wildman–Crippen MR) is 114 cm³/mol. The molecule has 1 aliphatic rings. The summed E-state index contributed by atoms with van der Waals surface area (Å²) in [5, 5.41) is 2.73. The Morgan fingerprint density at radius 3 is 2.57 bits per heavy atom. The Hall–Kier alpha value is -3.05. The van der Waals surface area contributed by atoms with Crippen molar-refractivity contribution in [3.63, 3.8) is 0 Å². The summed E-state index contributed by atoms with van der Waals surface area (Å²) in [5.41, 5.74) is 3.92. The first-order valence-electron chi connectivity index (χ1n) is 9.07. The third-order valence-electron chi connectivity index (χ3n) is 4.51. The summed E-state index contributed by atoms with van der Waals surface area (Å²) >= 11 is 1.74. The molecular weight excluding hydrogens is 371 g/mol. The lowest BCUT2D eigenvalue weighted by Crippen LogP contribution is -2.19. The highest BCUT2D eigenvalue weighted by molar-refractivity contribution is 7.99. The quantitative estimate of drug-likeness (QED) is 0.546. The molecule has 3 nitrogen and oxygen atoms in total. The molecule has 0 aromatic heterocycles. The first-order chi connectivity index (χ1) is 13.6. The van der Waals surface area contributed by atoms with Crippen LogP contribution in [0.3, 0.4) is 0 Å². The molecule has 0 saturated carbocycles. The van der Waals surface area contributed by atoms with Gasteiger partial charge in [0, 0.05) is 28.1 Å². The second kappa shape index (κ2) is 7.90. The van der Waals surface area contributed by atoms with E-state index in [1.165, 1.54) is 51.5 Å². The van der Waals surface area contributed by atoms with Crippen LogP contribution < -0.4 is 10.2 Å². The van der Waals surface area contributed by atoms with E-state index in [0.717, 1.165) is 12.1 Å². The molecule has 0 bridgehead atoms. The number of para-hydroxylation sites is 1. The molecule has 1 heterocycles. The number of carbonyl (C=O) groups is 1. The van der Waals surface area contributed by atoms with Crippen LogP contribution in [-0.4, -0.2) is 12.5 Å². The summed E-state index contributed by atoms with van der Waals surface area (Å²) in [6.07, 6.45) is 3.28. The Morgan fingerprint density at radius 1 is 1.04 bits per heavy atom. The molecule has 3 aromatic rings. The minimum Gasteiger partial charge on any atom is -0.340 e. The van der Waals surface area contributed by atoms with Crippen LogP contribution in [0.1, 0.15) is 12.5 Å². The van der Waals surface area contributed by atoms with E-state index >= 15 is 0 Å². The van der Waals surface area contributed by atoms with E-state index in [1.54, 1.807) is 17.8 Å². The van der Waals surface area contributed by atoms with Crippen molar-refractivity contribution in [2.24, 2.45) is 0 Å². The topological polar surface area (TPSA) is 32.3 Å². The van der Waals surface area contributed by atoms with E-state index in [1.807, 2.05) is 12.1 Å². The largest absolute Gasteiger partial charge is 0.340 e. The first-order valence-corrected chi connectivity index (χ1v) is 9.89. The maximum Gasteiger partial charge on any atom is 0.248 e. The van der Waals surface area contributed by atoms with E-state index < -0.39 is 0 Å². The van der Waals surface area contributed by atoms with Crippen LogP contribution >= 0.6 is 11.8 Å². The Bertz CT molecular complexity index is 1050. The van der Waals surface area contributed by atoms with E-state index in [-0.39, 0.29) is 11.7 Å². The van der Waals surface area contributed by atoms with E-state index in [4.69, 9.17) is 0 Å². The van der Waals surface area contributed by atoms with Crippen molar-refractivity contribution in [2.75, 3.05) is 16.8 Å². The SMILES string of the molecule is CCN1c2ccccc2Sc2cc(/C=C/C(=O)Nc3ccc(F)cc3)ccc21. The van der Waals surface area contributed by atoms with Gasteiger partial charge in [-0.2, -0.15) is 0 Å². The lowest BCUT2D eigenvalue weighted by Gasteiger charge is -2.32. The zero-order valence-electron chi connectivity index (χ0n) is 15.4. The lowest BCUT2D eigenvalue weighted by atomic mass is 10.1. The number of rotatable bonds is 4. The zero-order chi connectivity index (χ0) is 19.5. The maximum absolute atomic E-state index is 12.9. The molecular formula is C23H19FN2OS. The number of nitrogens with one attached hydrogen (secondary N) is 1. The maximum atomic E-state index is 12.9. The predicted octanol–water partition coefficient (Wildman–Crippen LogP) is 6.10. The molecule has 5 heteroatoms. The van der Waals surface area contributed by atoms with Crippen molar-refractivity contribution >= 4 is 40.8 Å². The fourth-order valence-corrected chi connectivity index (χ4v) is 4.33. The van der Waals surface area contributed by atoms with Crippen LogP contribution in [0, 0.1) is 5.82 Å². The van der Waals surface area contributed by atoms with Crippen LogP contribution in [0.4, 0.5) is 21.5 Å². The summed E-state index contributed by atoms with van der Waals surface area (Å²) < 4.78 is 12.9. The highest BCUT2D eigenvalue weighted by atomic mass is 32.2. The van der Waals surface area contributed by atoms with E-state index in [9.17, 15) is 9.18 Å². The third kappa shape index (κ3) is 3.80. The van der Waals surface area contributed by atoms with Crippen molar-refractivity contribution < 1.29 is 9.18 Å². The lowest BCUT2D eigenvalue weighted by molar-refractivity contribution is -0.111. The molecule has 1 amide bonds. The molecule has 140 valence electrons. The number of fused-ring (bicyclic) bond motifs is 2. The van der Waals surface area contributed by atoms with Crippen molar-refractivity contribution in [1.29, 1.82) is 0 Å². The van der Waals surface area contributed by atoms with Crippen LogP contribution in [-0.2, 0) is 4.79 Å². The number of halogens is 1. The molecule has 0 spiro atoms. The highest BCUT2D eigenvalue weighted by Gasteiger charge is 2.21. The zero-order valence-corrected chi connectivity index (χ0v) is 16.2. The van der Waals surface area contributed by atoms with E-state index in [2.05, 4.69) is 47.5 Å². The van der Waals surface area contributed by atoms with Gasteiger partial charge in [-0.05, 0) is 67.1 Å². The Kier molecular flexibility index (Phi) is 5.17. The molecule has 0 atom stereocenters. The van der Waals surface area contributed by atoms with Gasteiger partial charge in [-0.25, -0.2) is 4.39 Å². The number of hydrogen-bond donors (Lipinski definition) is 1. The standard InChI is InChI=1S/C23H19FN2OS/c1-2-26-19-5-3-4-6-21(19)28-22-15-16(7-13-20(22)26)8-14-23(27)25-18-11-9-17(24)10-12-18/h3-15H,2H2,1H3,(H,25,27)/b14-8+. The van der Waals surface area contributed by atoms with Gasteiger partial charge in [-0.3, -0.25) is 4.79 Å². The fourth-order valence-electron chi connectivity index (χ4n) is 3.18. The molecule has 3 aromatic carbocycles. The van der Waals surface area contributed by atoms with Crippen LogP contribution in [0.2, 0.25) is 0 Å². The Morgan fingerprint density at radius 2 is 1.79 bits per heavy atom. The second-order valence-electron chi connectivity index (χ2n) is 6.37. The van der Waals surface area contributed by atoms with Gasteiger partial charge in [0.25, 0.3) is 0 Å². The molecule has 0 aliphatic carbocycles. The minimum atomic E-state index is -0.331. The molecule has 0 radical (unpaired) electrons. The molecule has 4 rings (SSSR count). The van der Waals surface area contributed by atoms with Crippen LogP contribution in [0.15, 0.2) is 82.6 Å². The molecule has 1 N–H and O–H groups in total. The minimum absolute atomic E-state index is 0.252. The number of nitrogens with zero attached hydrogens (tertiary/aromatic N) is 1. The summed E-state index contributed by atoms with van der Waals surface area (Å²) in [6, 6.07) is 20.3. The third-order valence-corrected chi connectivity index (χ3v) is 5.62. The summed E-state index contributed by atoms with van der Waals surface area (Å²) in [5.74, 6) is -0.583. The smallest absolute Gasteiger partial charge is 0.248 e. The normalized spacial score (nSPS) is 12.6. The van der Waals surface area contributed by atoms with Gasteiger partial charge in [0.2, 0.25) is 5.91 Å². The van der Waals surface area contributed by atoms with Crippen molar-refractivity contribution in [2.45, 2.75) is 16.7 Å². The number of hydrogen-bond acceptors (Lipinski definition) is 3. The average molecular weight is 390 g/mol. The van der Waals surface area contributed by atoms with Gasteiger partial charge in [0.05, 0.1) is 11.4 Å². The van der Waals surface area contributed by atoms with Gasteiger partial charge in [-0.1, -0.05) is 30.0 Å². The Labute approximate surface area is 167 Å². The molecule has 28 heavy (non-hydrogen) atoms. The molecule has 0 fully saturated rings. The molecule has 1 aliphatic heterocycles. The van der Waals surface area contributed by atoms with Gasteiger partial charge >= 0.3 is 0 Å². The van der Waals surface area contributed by atoms with Crippen LogP contribution in [0.25, 0.3) is 6.08 Å². The summed E-state index contributed by atoms with van der Waals surface area (Å²) in [4.78, 5) is 16.8. The number of amides is 1. The highest BCUT2D eigenvalue weighted by Crippen LogP contribution is 2.48. The summed E-state index contributed by atoms with van der Waals surface area (Å²) in [6.45, 7) is 3.03. The fraction of sp³-hybridized carbons (Fsp3) is 0.0870. The molecule has 0 unspecified atom stereocenters. The summed E-state index contributed by atoms with van der Waals surface area (Å²) in [7, 11) is 0. The van der Waals surface area contributed by atoms with Crippen molar-refractivity contribution in [1.82, 2.24) is 0 Å². The van der Waals surface area contributed by atoms with E-state index in [0.29, 0.717) is 5.69 Å². The van der Waals surface area contributed by atoms with Gasteiger partial charge in [0.1, 0.15) is 5.82 Å². The van der Waals surface area contributed by atoms with Gasteiger partial charge < -0.3 is 10.2 Å². The Balaban J connectivity index is 1.52. The first kappa shape index (κ1) is 18.3. The second-order valence-corrected chi connectivity index (χ2v) is 7.45. The molecule has 0 saturated heterocycles. The average Bonchev–Trinajstić information content (AvgIpc) is 2.72. The van der Waals surface area contributed by atoms with Gasteiger partial charge in [-0.15, -0.1) is 0 Å². The van der Waals surface area contributed by atoms with Gasteiger partial charge in [0.15, 0.2) is 0 Å². The number of benzene rings is 3. The number of carbonyl (C=O) groups excluding carboxylic acids is 1. The monoisotopic (exact) mass is 390 g/mol. The van der Waals surface area contributed by atoms with Crippen molar-refractivity contribution in [3.8, 4) is 0 Å². The number of anilines is 3.